The normalized spacial score (nSPS) is 24.2. The molecule has 3 aliphatic heterocycles. The molecule has 0 saturated carbocycles. The summed E-state index contributed by atoms with van der Waals surface area (Å²) in [4.78, 5) is 28.0. The van der Waals surface area contributed by atoms with Gasteiger partial charge >= 0.3 is 0 Å². The highest BCUT2D eigenvalue weighted by Gasteiger charge is 2.43. The predicted molar refractivity (Wildman–Crippen MR) is 133 cm³/mol. The molecule has 37 heavy (non-hydrogen) atoms. The smallest absolute Gasteiger partial charge is 0.251 e. The Balaban J connectivity index is 1.41. The molecule has 0 radical (unpaired) electrons. The number of amides is 2. The summed E-state index contributed by atoms with van der Waals surface area (Å²) < 4.78 is 25.2. The van der Waals surface area contributed by atoms with Crippen molar-refractivity contribution in [1.82, 2.24) is 15.5 Å². The summed E-state index contributed by atoms with van der Waals surface area (Å²) in [5.74, 6) is -0.0967. The molecule has 2 aromatic rings. The molecule has 0 bridgehead atoms. The molecule has 0 unspecified atom stereocenters. The van der Waals surface area contributed by atoms with Crippen LogP contribution in [-0.4, -0.2) is 52.6 Å². The van der Waals surface area contributed by atoms with E-state index in [1.165, 1.54) is 23.1 Å². The molecule has 5 rings (SSSR count). The lowest BCUT2D eigenvalue weighted by molar-refractivity contribution is -0.133. The zero-order chi connectivity index (χ0) is 26.3. The van der Waals surface area contributed by atoms with Gasteiger partial charge in [0, 0.05) is 28.7 Å². The number of carbonyl (C=O) groups excluding carboxylic acids is 2. The second-order valence-corrected chi connectivity index (χ2v) is 9.82. The number of hydrogen-bond acceptors (Lipinski definition) is 6. The van der Waals surface area contributed by atoms with Gasteiger partial charge in [-0.05, 0) is 49.2 Å². The first-order valence-electron chi connectivity index (χ1n) is 12.6. The molecular weight excluding hydrogens is 479 g/mol. The number of nitrogens with one attached hydrogen (secondary N) is 3. The van der Waals surface area contributed by atoms with Crippen molar-refractivity contribution in [3.05, 3.63) is 58.9 Å². The van der Waals surface area contributed by atoms with Crippen LogP contribution in [-0.2, 0) is 4.79 Å². The van der Waals surface area contributed by atoms with E-state index < -0.39 is 35.5 Å². The van der Waals surface area contributed by atoms with Gasteiger partial charge in [0.05, 0.1) is 25.1 Å². The molecule has 1 saturated heterocycles. The monoisotopic (exact) mass is 510 g/mol. The molecule has 0 aromatic heterocycles. The third kappa shape index (κ3) is 4.50. The van der Waals surface area contributed by atoms with Gasteiger partial charge in [0.25, 0.3) is 5.91 Å². The van der Waals surface area contributed by atoms with E-state index >= 15 is 0 Å². The second-order valence-electron chi connectivity index (χ2n) is 9.82. The van der Waals surface area contributed by atoms with Crippen LogP contribution in [0.15, 0.2) is 36.4 Å². The predicted octanol–water partition coefficient (Wildman–Crippen LogP) is 3.19. The van der Waals surface area contributed by atoms with E-state index in [2.05, 4.69) is 10.6 Å². The van der Waals surface area contributed by atoms with E-state index in [4.69, 9.17) is 14.9 Å². The van der Waals surface area contributed by atoms with E-state index in [1.54, 1.807) is 18.2 Å². The van der Waals surface area contributed by atoms with Gasteiger partial charge in [0.15, 0.2) is 5.96 Å². The van der Waals surface area contributed by atoms with Crippen LogP contribution in [0, 0.1) is 11.2 Å². The van der Waals surface area contributed by atoms with Crippen LogP contribution in [0.5, 0.6) is 11.5 Å². The summed E-state index contributed by atoms with van der Waals surface area (Å²) >= 11 is 0. The minimum atomic E-state index is -1.05. The fourth-order valence-electron chi connectivity index (χ4n) is 5.42. The van der Waals surface area contributed by atoms with Gasteiger partial charge in [-0.2, -0.15) is 0 Å². The van der Waals surface area contributed by atoms with Crippen LogP contribution in [0.3, 0.4) is 0 Å². The zero-order valence-electron chi connectivity index (χ0n) is 20.8. The van der Waals surface area contributed by atoms with E-state index in [0.717, 1.165) is 12.8 Å². The summed E-state index contributed by atoms with van der Waals surface area (Å²) in [5.41, 5.74) is 0.866. The molecule has 1 fully saturated rings. The van der Waals surface area contributed by atoms with E-state index in [1.807, 2.05) is 13.8 Å². The lowest BCUT2D eigenvalue weighted by Gasteiger charge is -2.45. The standard InChI is InChI=1S/C27H31FN4O5/c1-3-27(4-2)13-23(34)32(26(29)31-27)19-9-10-36-21-7-5-15(11-17(19)21)25(35)30-24-18-12-16(28)6-8-22(18)37-14-20(24)33/h5-8,11-12,19-20,24,33H,3-4,9-10,13-14H2,1-2H3,(H2,29,31)(H,30,35)/t19-,20+,24+/m1/s1. The van der Waals surface area contributed by atoms with Crippen molar-refractivity contribution in [2.24, 2.45) is 0 Å². The third-order valence-corrected chi connectivity index (χ3v) is 7.72. The second kappa shape index (κ2) is 9.66. The highest BCUT2D eigenvalue weighted by molar-refractivity contribution is 6.00. The number of halogens is 1. The average molecular weight is 511 g/mol. The first-order valence-corrected chi connectivity index (χ1v) is 12.6. The Bertz CT molecular complexity index is 1230. The molecular formula is C27H31FN4O5. The van der Waals surface area contributed by atoms with Crippen LogP contribution in [0.25, 0.3) is 0 Å². The molecule has 2 amide bonds. The number of guanidine groups is 1. The van der Waals surface area contributed by atoms with Crippen molar-refractivity contribution in [2.45, 2.75) is 63.3 Å². The number of aliphatic hydroxyl groups is 1. The van der Waals surface area contributed by atoms with Crippen molar-refractivity contribution in [2.75, 3.05) is 13.2 Å². The number of aliphatic hydroxyl groups excluding tert-OH is 1. The topological polar surface area (TPSA) is 124 Å². The summed E-state index contributed by atoms with van der Waals surface area (Å²) in [6.07, 6.45) is 1.16. The third-order valence-electron chi connectivity index (χ3n) is 7.72. The summed E-state index contributed by atoms with van der Waals surface area (Å²) in [7, 11) is 0. The fourth-order valence-corrected chi connectivity index (χ4v) is 5.42. The SMILES string of the molecule is CCC1(CC)CC(=O)N([C@@H]2CCOc3ccc(C(=O)N[C@H]4c5cc(F)ccc5OC[C@@H]4O)cc32)C(=N)N1. The highest BCUT2D eigenvalue weighted by Crippen LogP contribution is 2.40. The molecule has 3 heterocycles. The number of hydrogen-bond donors (Lipinski definition) is 4. The fraction of sp³-hybridized carbons (Fsp3) is 0.444. The maximum atomic E-state index is 13.9. The highest BCUT2D eigenvalue weighted by atomic mass is 19.1. The molecule has 0 spiro atoms. The maximum absolute atomic E-state index is 13.9. The number of carbonyl (C=O) groups is 2. The summed E-state index contributed by atoms with van der Waals surface area (Å²) in [6.45, 7) is 4.35. The number of nitrogens with zero attached hydrogens (tertiary/aromatic N) is 1. The summed E-state index contributed by atoms with van der Waals surface area (Å²) in [6, 6.07) is 7.61. The molecule has 10 heteroatoms. The van der Waals surface area contributed by atoms with Crippen LogP contribution < -0.4 is 20.1 Å². The minimum Gasteiger partial charge on any atom is -0.493 e. The van der Waals surface area contributed by atoms with E-state index in [9.17, 15) is 19.1 Å². The van der Waals surface area contributed by atoms with Crippen molar-refractivity contribution >= 4 is 17.8 Å². The Morgan fingerprint density at radius 1 is 1.19 bits per heavy atom. The Kier molecular flexibility index (Phi) is 6.53. The largest absolute Gasteiger partial charge is 0.493 e. The number of benzene rings is 2. The molecule has 2 aromatic carbocycles. The van der Waals surface area contributed by atoms with Gasteiger partial charge in [0.2, 0.25) is 5.91 Å². The van der Waals surface area contributed by atoms with Gasteiger partial charge in [-0.25, -0.2) is 4.39 Å². The minimum absolute atomic E-state index is 0.0348. The van der Waals surface area contributed by atoms with Crippen LogP contribution in [0.4, 0.5) is 4.39 Å². The molecule has 4 N–H and O–H groups in total. The van der Waals surface area contributed by atoms with Crippen LogP contribution in [0.1, 0.15) is 73.1 Å². The van der Waals surface area contributed by atoms with Gasteiger partial charge < -0.3 is 25.2 Å². The van der Waals surface area contributed by atoms with Gasteiger partial charge in [-0.3, -0.25) is 19.9 Å². The molecule has 3 atom stereocenters. The van der Waals surface area contributed by atoms with Gasteiger partial charge in [-0.15, -0.1) is 0 Å². The Hall–Kier alpha value is -3.66. The first-order chi connectivity index (χ1) is 17.7. The molecule has 3 aliphatic rings. The molecule has 9 nitrogen and oxygen atoms in total. The van der Waals surface area contributed by atoms with Gasteiger partial charge in [0.1, 0.15) is 30.0 Å². The zero-order valence-corrected chi connectivity index (χ0v) is 20.8. The van der Waals surface area contributed by atoms with Crippen LogP contribution >= 0.6 is 0 Å². The number of rotatable bonds is 5. The van der Waals surface area contributed by atoms with Crippen LogP contribution in [0.2, 0.25) is 0 Å². The molecule has 0 aliphatic carbocycles. The van der Waals surface area contributed by atoms with Crippen molar-refractivity contribution in [1.29, 1.82) is 5.41 Å². The van der Waals surface area contributed by atoms with Crippen molar-refractivity contribution in [3.63, 3.8) is 0 Å². The number of fused-ring (bicyclic) bond motifs is 2. The summed E-state index contributed by atoms with van der Waals surface area (Å²) in [5, 5.41) is 25.2. The van der Waals surface area contributed by atoms with Gasteiger partial charge in [-0.1, -0.05) is 13.8 Å². The van der Waals surface area contributed by atoms with Crippen molar-refractivity contribution < 1.29 is 28.6 Å². The van der Waals surface area contributed by atoms with Crippen molar-refractivity contribution in [3.8, 4) is 11.5 Å². The first kappa shape index (κ1) is 25.0. The Morgan fingerprint density at radius 3 is 2.65 bits per heavy atom. The number of ether oxygens (including phenoxy) is 2. The lowest BCUT2D eigenvalue weighted by atomic mass is 9.85. The Labute approximate surface area is 214 Å². The average Bonchev–Trinajstić information content (AvgIpc) is 2.89. The molecule has 196 valence electrons. The Morgan fingerprint density at radius 2 is 1.92 bits per heavy atom. The van der Waals surface area contributed by atoms with E-state index in [0.29, 0.717) is 41.2 Å². The lowest BCUT2D eigenvalue weighted by Crippen LogP contribution is -2.62. The quantitative estimate of drug-likeness (QED) is 0.490. The maximum Gasteiger partial charge on any atom is 0.251 e. The van der Waals surface area contributed by atoms with E-state index in [-0.39, 0.29) is 24.9 Å².